The highest BCUT2D eigenvalue weighted by atomic mass is 16.2. The number of amides is 1. The van der Waals surface area contributed by atoms with E-state index in [2.05, 4.69) is 4.98 Å². The van der Waals surface area contributed by atoms with Gasteiger partial charge in [-0.3, -0.25) is 9.59 Å². The Morgan fingerprint density at radius 2 is 2.31 bits per heavy atom. The number of nitrogens with two attached hydrogens (primary N) is 1. The molecule has 0 spiro atoms. The number of carbonyl (C=O) groups excluding carboxylic acids is 1. The van der Waals surface area contributed by atoms with Crippen LogP contribution >= 0.6 is 0 Å². The van der Waals surface area contributed by atoms with E-state index in [0.717, 1.165) is 5.56 Å². The highest BCUT2D eigenvalue weighted by Gasteiger charge is 2.30. The zero-order valence-electron chi connectivity index (χ0n) is 9.19. The summed E-state index contributed by atoms with van der Waals surface area (Å²) >= 11 is 0. The van der Waals surface area contributed by atoms with Crippen LogP contribution in [0.25, 0.3) is 0 Å². The zero-order chi connectivity index (χ0) is 11.7. The van der Waals surface area contributed by atoms with Crippen LogP contribution in [0.3, 0.4) is 0 Å². The van der Waals surface area contributed by atoms with Crippen molar-refractivity contribution in [2.75, 3.05) is 18.0 Å². The molecule has 0 radical (unpaired) electrons. The van der Waals surface area contributed by atoms with Crippen LogP contribution in [0.2, 0.25) is 0 Å². The van der Waals surface area contributed by atoms with Gasteiger partial charge in [-0.2, -0.15) is 0 Å². The number of aromatic amines is 1. The van der Waals surface area contributed by atoms with E-state index in [1.54, 1.807) is 12.3 Å². The number of hydrogen-bond donors (Lipinski definition) is 2. The molecule has 0 aromatic carbocycles. The topological polar surface area (TPSA) is 79.2 Å². The molecular formula is C11H15N3O2. The minimum Gasteiger partial charge on any atom is -0.330 e. The lowest BCUT2D eigenvalue weighted by molar-refractivity contribution is -0.117. The smallest absolute Gasteiger partial charge is 0.271 e. The van der Waals surface area contributed by atoms with Crippen molar-refractivity contribution >= 4 is 11.6 Å². The SMILES string of the molecule is Cc1c[nH]c(=O)c(N2CC(CN)CC2=O)c1. The van der Waals surface area contributed by atoms with E-state index in [4.69, 9.17) is 5.73 Å². The molecule has 5 nitrogen and oxygen atoms in total. The lowest BCUT2D eigenvalue weighted by atomic mass is 10.1. The molecule has 1 saturated heterocycles. The normalized spacial score (nSPS) is 20.5. The van der Waals surface area contributed by atoms with Crippen LogP contribution in [0.1, 0.15) is 12.0 Å². The summed E-state index contributed by atoms with van der Waals surface area (Å²) in [5.74, 6) is 0.138. The summed E-state index contributed by atoms with van der Waals surface area (Å²) in [4.78, 5) is 27.5. The van der Waals surface area contributed by atoms with Crippen LogP contribution in [0.15, 0.2) is 17.1 Å². The first-order valence-electron chi connectivity index (χ1n) is 5.31. The van der Waals surface area contributed by atoms with Gasteiger partial charge in [0.2, 0.25) is 5.91 Å². The Kier molecular flexibility index (Phi) is 2.78. The van der Waals surface area contributed by atoms with Crippen LogP contribution < -0.4 is 16.2 Å². The minimum absolute atomic E-state index is 0.0217. The average molecular weight is 221 g/mol. The predicted molar refractivity (Wildman–Crippen MR) is 61.3 cm³/mol. The Bertz CT molecular complexity index is 467. The Labute approximate surface area is 93.3 Å². The third-order valence-electron chi connectivity index (χ3n) is 2.86. The van der Waals surface area contributed by atoms with Gasteiger partial charge in [-0.15, -0.1) is 0 Å². The maximum Gasteiger partial charge on any atom is 0.271 e. The molecule has 3 N–H and O–H groups in total. The van der Waals surface area contributed by atoms with E-state index in [1.165, 1.54) is 4.90 Å². The van der Waals surface area contributed by atoms with Crippen molar-refractivity contribution in [1.29, 1.82) is 0 Å². The zero-order valence-corrected chi connectivity index (χ0v) is 9.19. The van der Waals surface area contributed by atoms with Gasteiger partial charge in [0, 0.05) is 19.2 Å². The van der Waals surface area contributed by atoms with Crippen LogP contribution in [-0.4, -0.2) is 24.0 Å². The molecule has 0 aliphatic carbocycles. The van der Waals surface area contributed by atoms with Crippen molar-refractivity contribution in [3.8, 4) is 0 Å². The number of nitrogens with one attached hydrogen (secondary N) is 1. The summed E-state index contributed by atoms with van der Waals surface area (Å²) in [6.07, 6.45) is 2.07. The third-order valence-corrected chi connectivity index (χ3v) is 2.86. The molecule has 1 aliphatic heterocycles. The number of H-pyrrole nitrogens is 1. The lowest BCUT2D eigenvalue weighted by Crippen LogP contribution is -2.31. The first-order valence-corrected chi connectivity index (χ1v) is 5.31. The van der Waals surface area contributed by atoms with Gasteiger partial charge in [-0.05, 0) is 31.0 Å². The lowest BCUT2D eigenvalue weighted by Gasteiger charge is -2.15. The fraction of sp³-hybridized carbons (Fsp3) is 0.455. The number of carbonyl (C=O) groups is 1. The molecule has 86 valence electrons. The Balaban J connectivity index is 2.34. The largest absolute Gasteiger partial charge is 0.330 e. The van der Waals surface area contributed by atoms with E-state index in [1.807, 2.05) is 6.92 Å². The molecule has 1 fully saturated rings. The summed E-state index contributed by atoms with van der Waals surface area (Å²) in [5.41, 5.74) is 6.67. The van der Waals surface area contributed by atoms with E-state index >= 15 is 0 Å². The van der Waals surface area contributed by atoms with E-state index < -0.39 is 0 Å². The van der Waals surface area contributed by atoms with Crippen molar-refractivity contribution in [2.24, 2.45) is 11.7 Å². The van der Waals surface area contributed by atoms with Crippen LogP contribution in [0, 0.1) is 12.8 Å². The number of rotatable bonds is 2. The number of aromatic nitrogens is 1. The van der Waals surface area contributed by atoms with E-state index in [-0.39, 0.29) is 17.4 Å². The number of pyridine rings is 1. The Hall–Kier alpha value is -1.62. The van der Waals surface area contributed by atoms with Gasteiger partial charge in [0.25, 0.3) is 5.56 Å². The number of nitrogens with zero attached hydrogens (tertiary/aromatic N) is 1. The highest BCUT2D eigenvalue weighted by molar-refractivity contribution is 5.95. The Morgan fingerprint density at radius 3 is 2.94 bits per heavy atom. The summed E-state index contributed by atoms with van der Waals surface area (Å²) < 4.78 is 0. The van der Waals surface area contributed by atoms with Gasteiger partial charge < -0.3 is 15.6 Å². The monoisotopic (exact) mass is 221 g/mol. The molecule has 16 heavy (non-hydrogen) atoms. The molecule has 1 unspecified atom stereocenters. The van der Waals surface area contributed by atoms with Crippen molar-refractivity contribution in [3.63, 3.8) is 0 Å². The summed E-state index contributed by atoms with van der Waals surface area (Å²) in [6.45, 7) is 2.90. The molecular weight excluding hydrogens is 206 g/mol. The summed E-state index contributed by atoms with van der Waals surface area (Å²) in [5, 5.41) is 0. The predicted octanol–water partition coefficient (Wildman–Crippen LogP) is -0.00508. The maximum atomic E-state index is 11.7. The van der Waals surface area contributed by atoms with Crippen LogP contribution in [0.4, 0.5) is 5.69 Å². The van der Waals surface area contributed by atoms with Crippen molar-refractivity contribution < 1.29 is 4.79 Å². The first-order chi connectivity index (χ1) is 7.61. The molecule has 5 heteroatoms. The summed E-state index contributed by atoms with van der Waals surface area (Å²) in [7, 11) is 0. The fourth-order valence-electron chi connectivity index (χ4n) is 1.95. The van der Waals surface area contributed by atoms with Gasteiger partial charge in [-0.1, -0.05) is 0 Å². The molecule has 0 saturated carbocycles. The van der Waals surface area contributed by atoms with Crippen LogP contribution in [0.5, 0.6) is 0 Å². The fourth-order valence-corrected chi connectivity index (χ4v) is 1.95. The van der Waals surface area contributed by atoms with Crippen molar-refractivity contribution in [3.05, 3.63) is 28.2 Å². The van der Waals surface area contributed by atoms with Gasteiger partial charge in [-0.25, -0.2) is 0 Å². The second-order valence-corrected chi connectivity index (χ2v) is 4.20. The van der Waals surface area contributed by atoms with Crippen molar-refractivity contribution in [2.45, 2.75) is 13.3 Å². The van der Waals surface area contributed by atoms with Gasteiger partial charge in [0.1, 0.15) is 5.69 Å². The second kappa shape index (κ2) is 4.09. The molecule has 1 aromatic rings. The molecule has 1 aromatic heterocycles. The molecule has 1 aliphatic rings. The molecule has 1 amide bonds. The Morgan fingerprint density at radius 1 is 1.56 bits per heavy atom. The number of hydrogen-bond acceptors (Lipinski definition) is 3. The quantitative estimate of drug-likeness (QED) is 0.737. The van der Waals surface area contributed by atoms with Crippen molar-refractivity contribution in [1.82, 2.24) is 4.98 Å². The van der Waals surface area contributed by atoms with Gasteiger partial charge in [0.05, 0.1) is 0 Å². The second-order valence-electron chi connectivity index (χ2n) is 4.20. The number of aryl methyl sites for hydroxylation is 1. The molecule has 2 rings (SSSR count). The van der Waals surface area contributed by atoms with Gasteiger partial charge in [0.15, 0.2) is 0 Å². The minimum atomic E-state index is -0.225. The summed E-state index contributed by atoms with van der Waals surface area (Å²) in [6, 6.07) is 1.73. The number of anilines is 1. The van der Waals surface area contributed by atoms with Crippen LogP contribution in [-0.2, 0) is 4.79 Å². The molecule has 2 heterocycles. The standard InChI is InChI=1S/C11H15N3O2/c1-7-2-9(11(16)13-5-7)14-6-8(4-12)3-10(14)15/h2,5,8H,3-4,6,12H2,1H3,(H,13,16). The third kappa shape index (κ3) is 1.86. The average Bonchev–Trinajstić information content (AvgIpc) is 2.63. The van der Waals surface area contributed by atoms with E-state index in [0.29, 0.717) is 25.2 Å². The van der Waals surface area contributed by atoms with Gasteiger partial charge >= 0.3 is 0 Å². The first kappa shape index (κ1) is 10.9. The molecule has 1 atom stereocenters. The highest BCUT2D eigenvalue weighted by Crippen LogP contribution is 2.21. The molecule has 0 bridgehead atoms. The maximum absolute atomic E-state index is 11.7. The van der Waals surface area contributed by atoms with E-state index in [9.17, 15) is 9.59 Å².